The zero-order valence-electron chi connectivity index (χ0n) is 16.3. The number of hydrogen-bond acceptors (Lipinski definition) is 6. The number of anilines is 1. The highest BCUT2D eigenvalue weighted by atomic mass is 16.2. The second kappa shape index (κ2) is 6.04. The molecule has 142 valence electrons. The summed E-state index contributed by atoms with van der Waals surface area (Å²) in [5.74, 6) is 1.55. The van der Waals surface area contributed by atoms with Crippen molar-refractivity contribution in [2.75, 3.05) is 25.0 Å². The van der Waals surface area contributed by atoms with Crippen LogP contribution in [0, 0.1) is 6.92 Å². The number of aromatic amines is 1. The summed E-state index contributed by atoms with van der Waals surface area (Å²) in [4.78, 5) is 16.6. The Morgan fingerprint density at radius 2 is 2.00 bits per heavy atom. The van der Waals surface area contributed by atoms with Gasteiger partial charge >= 0.3 is 0 Å². The molecular weight excluding hydrogens is 344 g/mol. The Kier molecular flexibility index (Phi) is 3.90. The second-order valence-corrected chi connectivity index (χ2v) is 8.10. The summed E-state index contributed by atoms with van der Waals surface area (Å²) < 4.78 is 1.73. The van der Waals surface area contributed by atoms with Gasteiger partial charge in [0.1, 0.15) is 11.5 Å². The molecule has 27 heavy (non-hydrogen) atoms. The highest BCUT2D eigenvalue weighted by molar-refractivity contribution is 5.92. The lowest BCUT2D eigenvalue weighted by Gasteiger charge is -2.44. The third kappa shape index (κ3) is 3.02. The molecule has 0 atom stereocenters. The number of hydrogen-bond donors (Lipinski definition) is 1. The van der Waals surface area contributed by atoms with Gasteiger partial charge in [-0.05, 0) is 25.1 Å². The molecule has 1 fully saturated rings. The van der Waals surface area contributed by atoms with Gasteiger partial charge in [0.2, 0.25) is 0 Å². The van der Waals surface area contributed by atoms with E-state index in [1.54, 1.807) is 9.42 Å². The van der Waals surface area contributed by atoms with Crippen molar-refractivity contribution in [2.45, 2.75) is 39.2 Å². The maximum absolute atomic E-state index is 12.7. The monoisotopic (exact) mass is 368 g/mol. The number of nitrogens with one attached hydrogen (secondary N) is 1. The van der Waals surface area contributed by atoms with Crippen LogP contribution in [-0.2, 0) is 5.41 Å². The molecule has 1 amide bonds. The molecule has 0 bridgehead atoms. The van der Waals surface area contributed by atoms with Gasteiger partial charge in [-0.2, -0.15) is 9.61 Å². The highest BCUT2D eigenvalue weighted by Gasteiger charge is 2.34. The molecule has 0 spiro atoms. The van der Waals surface area contributed by atoms with Crippen LogP contribution < -0.4 is 4.90 Å². The topological polar surface area (TPSA) is 95.3 Å². The molecule has 3 aromatic rings. The number of aromatic nitrogens is 6. The molecule has 4 rings (SSSR count). The zero-order chi connectivity index (χ0) is 19.3. The van der Waals surface area contributed by atoms with Crippen LogP contribution in [0.5, 0.6) is 0 Å². The van der Waals surface area contributed by atoms with Crippen LogP contribution in [0.15, 0.2) is 18.2 Å². The number of aryl methyl sites for hydroxylation is 1. The standard InChI is InChI=1S/C18H24N8O/c1-11-19-22-15-6-7-16(23-26(11)15)25-9-12(10-25)24(5)17(27)13-8-14(21-20-13)18(2,3)4/h6-8,12H,9-10H2,1-5H3,(H,20,21). The lowest BCUT2D eigenvalue weighted by atomic mass is 9.92. The van der Waals surface area contributed by atoms with Gasteiger partial charge < -0.3 is 9.80 Å². The summed E-state index contributed by atoms with van der Waals surface area (Å²) in [6.07, 6.45) is 0. The highest BCUT2D eigenvalue weighted by Crippen LogP contribution is 2.24. The molecule has 0 aromatic carbocycles. The minimum Gasteiger partial charge on any atom is -0.351 e. The van der Waals surface area contributed by atoms with Crippen molar-refractivity contribution in [3.8, 4) is 0 Å². The average molecular weight is 368 g/mol. The van der Waals surface area contributed by atoms with E-state index >= 15 is 0 Å². The zero-order valence-corrected chi connectivity index (χ0v) is 16.3. The maximum Gasteiger partial charge on any atom is 0.274 e. The van der Waals surface area contributed by atoms with E-state index in [0.29, 0.717) is 5.69 Å². The number of rotatable bonds is 3. The van der Waals surface area contributed by atoms with E-state index < -0.39 is 0 Å². The van der Waals surface area contributed by atoms with Crippen molar-refractivity contribution in [1.82, 2.24) is 34.9 Å². The number of amides is 1. The Morgan fingerprint density at radius 1 is 1.26 bits per heavy atom. The second-order valence-electron chi connectivity index (χ2n) is 8.10. The number of carbonyl (C=O) groups is 1. The molecule has 1 aliphatic rings. The summed E-state index contributed by atoms with van der Waals surface area (Å²) in [5.41, 5.74) is 2.08. The van der Waals surface area contributed by atoms with Crippen LogP contribution in [0.25, 0.3) is 5.65 Å². The molecule has 9 heteroatoms. The Hall–Kier alpha value is -2.97. The van der Waals surface area contributed by atoms with Crippen LogP contribution in [-0.4, -0.2) is 67.0 Å². The first kappa shape index (κ1) is 17.4. The summed E-state index contributed by atoms with van der Waals surface area (Å²) >= 11 is 0. The number of nitrogens with zero attached hydrogens (tertiary/aromatic N) is 7. The minimum absolute atomic E-state index is 0.0653. The predicted molar refractivity (Wildman–Crippen MR) is 101 cm³/mol. The average Bonchev–Trinajstić information content (AvgIpc) is 3.20. The van der Waals surface area contributed by atoms with E-state index in [-0.39, 0.29) is 17.4 Å². The molecule has 1 aliphatic heterocycles. The number of likely N-dealkylation sites (N-methyl/N-ethyl adjacent to an activating group) is 1. The third-order valence-electron chi connectivity index (χ3n) is 5.06. The quantitative estimate of drug-likeness (QED) is 0.751. The Morgan fingerprint density at radius 3 is 2.67 bits per heavy atom. The first-order chi connectivity index (χ1) is 12.7. The molecule has 0 radical (unpaired) electrons. The SMILES string of the molecule is Cc1nnc2ccc(N3CC(N(C)C(=O)c4cc(C(C)(C)C)[nH]n4)C3)nn12. The fraction of sp³-hybridized carbons (Fsp3) is 0.500. The molecular formula is C18H24N8O. The smallest absolute Gasteiger partial charge is 0.274 e. The van der Waals surface area contributed by atoms with Gasteiger partial charge in [-0.1, -0.05) is 20.8 Å². The van der Waals surface area contributed by atoms with Gasteiger partial charge in [-0.15, -0.1) is 15.3 Å². The van der Waals surface area contributed by atoms with Gasteiger partial charge in [-0.3, -0.25) is 9.89 Å². The fourth-order valence-electron chi connectivity index (χ4n) is 3.10. The van der Waals surface area contributed by atoms with Gasteiger partial charge in [0.05, 0.1) is 6.04 Å². The summed E-state index contributed by atoms with van der Waals surface area (Å²) in [7, 11) is 1.83. The van der Waals surface area contributed by atoms with Crippen molar-refractivity contribution < 1.29 is 4.79 Å². The van der Waals surface area contributed by atoms with Gasteiger partial charge in [-0.25, -0.2) is 0 Å². The van der Waals surface area contributed by atoms with E-state index in [0.717, 1.165) is 36.1 Å². The van der Waals surface area contributed by atoms with Crippen LogP contribution >= 0.6 is 0 Å². The molecule has 9 nitrogen and oxygen atoms in total. The van der Waals surface area contributed by atoms with Crippen LogP contribution in [0.4, 0.5) is 5.82 Å². The normalized spacial score (nSPS) is 15.2. The van der Waals surface area contributed by atoms with Crippen molar-refractivity contribution in [3.63, 3.8) is 0 Å². The van der Waals surface area contributed by atoms with Gasteiger partial charge in [0, 0.05) is 31.2 Å². The van der Waals surface area contributed by atoms with E-state index in [9.17, 15) is 4.79 Å². The molecule has 3 aromatic heterocycles. The van der Waals surface area contributed by atoms with Crippen molar-refractivity contribution >= 4 is 17.4 Å². The Labute approximate surface area is 157 Å². The van der Waals surface area contributed by atoms with E-state index in [4.69, 9.17) is 0 Å². The van der Waals surface area contributed by atoms with E-state index in [1.165, 1.54) is 0 Å². The Bertz CT molecular complexity index is 992. The summed E-state index contributed by atoms with van der Waals surface area (Å²) in [5, 5.41) is 19.8. The lowest BCUT2D eigenvalue weighted by Crippen LogP contribution is -2.60. The first-order valence-electron chi connectivity index (χ1n) is 9.01. The number of carbonyl (C=O) groups excluding carboxylic acids is 1. The molecule has 1 saturated heterocycles. The van der Waals surface area contributed by atoms with E-state index in [1.807, 2.05) is 32.2 Å². The number of H-pyrrole nitrogens is 1. The number of fused-ring (bicyclic) bond motifs is 1. The molecule has 4 heterocycles. The van der Waals surface area contributed by atoms with Crippen LogP contribution in [0.2, 0.25) is 0 Å². The molecule has 0 aliphatic carbocycles. The van der Waals surface area contributed by atoms with E-state index in [2.05, 4.69) is 51.2 Å². The molecule has 0 saturated carbocycles. The molecule has 0 unspecified atom stereocenters. The molecule has 1 N–H and O–H groups in total. The summed E-state index contributed by atoms with van der Waals surface area (Å²) in [6, 6.07) is 5.82. The lowest BCUT2D eigenvalue weighted by molar-refractivity contribution is 0.0699. The Balaban J connectivity index is 1.42. The minimum atomic E-state index is -0.0675. The van der Waals surface area contributed by atoms with Crippen LogP contribution in [0.1, 0.15) is 42.8 Å². The van der Waals surface area contributed by atoms with Crippen molar-refractivity contribution in [3.05, 3.63) is 35.4 Å². The fourth-order valence-corrected chi connectivity index (χ4v) is 3.10. The van der Waals surface area contributed by atoms with Crippen molar-refractivity contribution in [1.29, 1.82) is 0 Å². The third-order valence-corrected chi connectivity index (χ3v) is 5.06. The van der Waals surface area contributed by atoms with Gasteiger partial charge in [0.25, 0.3) is 5.91 Å². The predicted octanol–water partition coefficient (Wildman–Crippen LogP) is 1.41. The van der Waals surface area contributed by atoms with Crippen LogP contribution in [0.3, 0.4) is 0 Å². The first-order valence-corrected chi connectivity index (χ1v) is 9.01. The van der Waals surface area contributed by atoms with Crippen molar-refractivity contribution in [2.24, 2.45) is 0 Å². The maximum atomic E-state index is 12.7. The largest absolute Gasteiger partial charge is 0.351 e. The summed E-state index contributed by atoms with van der Waals surface area (Å²) in [6.45, 7) is 9.60. The van der Waals surface area contributed by atoms with Gasteiger partial charge in [0.15, 0.2) is 11.5 Å².